The second kappa shape index (κ2) is 9.78. The minimum atomic E-state index is -0.563. The molecule has 2 aromatic rings. The average Bonchev–Trinajstić information content (AvgIpc) is 2.78. The standard InChI is InChI=1S/C23H29N3O5/c1-16(2)18-7-5-17(6-8-18)15-24-9-11-25(12-10-24)23(27)19-13-21(30-3)22(31-4)14-20(19)26(28)29/h5-8,13-14,16H,9-12,15H2,1-4H3. The van der Waals surface area contributed by atoms with Crippen molar-refractivity contribution in [3.63, 3.8) is 0 Å². The maximum absolute atomic E-state index is 13.1. The van der Waals surface area contributed by atoms with E-state index in [0.29, 0.717) is 37.8 Å². The molecule has 0 bridgehead atoms. The van der Waals surface area contributed by atoms with E-state index in [1.807, 2.05) is 0 Å². The van der Waals surface area contributed by atoms with E-state index in [0.717, 1.165) is 6.54 Å². The summed E-state index contributed by atoms with van der Waals surface area (Å²) in [5, 5.41) is 11.5. The van der Waals surface area contributed by atoms with Gasteiger partial charge in [-0.3, -0.25) is 19.8 Å². The smallest absolute Gasteiger partial charge is 0.286 e. The summed E-state index contributed by atoms with van der Waals surface area (Å²) in [6.45, 7) is 7.60. The molecular formula is C23H29N3O5. The third kappa shape index (κ3) is 5.14. The Bertz CT molecular complexity index is 935. The first kappa shape index (κ1) is 22.6. The Morgan fingerprint density at radius 3 is 2.13 bits per heavy atom. The maximum atomic E-state index is 13.1. The number of carbonyl (C=O) groups is 1. The zero-order valence-electron chi connectivity index (χ0n) is 18.5. The lowest BCUT2D eigenvalue weighted by atomic mass is 10.0. The van der Waals surface area contributed by atoms with Crippen LogP contribution in [-0.4, -0.2) is 61.0 Å². The molecule has 1 fully saturated rings. The Morgan fingerprint density at radius 1 is 1.03 bits per heavy atom. The van der Waals surface area contributed by atoms with Crippen LogP contribution in [0, 0.1) is 10.1 Å². The largest absolute Gasteiger partial charge is 0.493 e. The molecule has 0 aromatic heterocycles. The van der Waals surface area contributed by atoms with Gasteiger partial charge in [0, 0.05) is 38.8 Å². The number of methoxy groups -OCH3 is 2. The zero-order chi connectivity index (χ0) is 22.5. The lowest BCUT2D eigenvalue weighted by molar-refractivity contribution is -0.385. The summed E-state index contributed by atoms with van der Waals surface area (Å²) in [5.74, 6) is 0.650. The van der Waals surface area contributed by atoms with E-state index in [1.54, 1.807) is 4.90 Å². The van der Waals surface area contributed by atoms with Crippen molar-refractivity contribution in [1.29, 1.82) is 0 Å². The van der Waals surface area contributed by atoms with Gasteiger partial charge in [-0.15, -0.1) is 0 Å². The van der Waals surface area contributed by atoms with E-state index in [4.69, 9.17) is 9.47 Å². The second-order valence-electron chi connectivity index (χ2n) is 7.95. The van der Waals surface area contributed by atoms with Crippen molar-refractivity contribution in [2.24, 2.45) is 0 Å². The molecule has 31 heavy (non-hydrogen) atoms. The summed E-state index contributed by atoms with van der Waals surface area (Å²) < 4.78 is 10.4. The van der Waals surface area contributed by atoms with Gasteiger partial charge in [-0.25, -0.2) is 0 Å². The normalized spacial score (nSPS) is 14.5. The van der Waals surface area contributed by atoms with E-state index in [1.165, 1.54) is 37.5 Å². The molecule has 8 heteroatoms. The van der Waals surface area contributed by atoms with Crippen molar-refractivity contribution in [2.45, 2.75) is 26.3 Å². The molecular weight excluding hydrogens is 398 g/mol. The molecule has 2 aromatic carbocycles. The molecule has 0 unspecified atom stereocenters. The molecule has 3 rings (SSSR count). The van der Waals surface area contributed by atoms with Crippen molar-refractivity contribution in [3.8, 4) is 11.5 Å². The highest BCUT2D eigenvalue weighted by atomic mass is 16.6. The highest BCUT2D eigenvalue weighted by Crippen LogP contribution is 2.35. The van der Waals surface area contributed by atoms with Crippen molar-refractivity contribution >= 4 is 11.6 Å². The van der Waals surface area contributed by atoms with Gasteiger partial charge in [-0.2, -0.15) is 0 Å². The lowest BCUT2D eigenvalue weighted by Gasteiger charge is -2.34. The molecule has 1 aliphatic heterocycles. The first-order valence-corrected chi connectivity index (χ1v) is 10.3. The first-order chi connectivity index (χ1) is 14.8. The SMILES string of the molecule is COc1cc(C(=O)N2CCN(Cc3ccc(C(C)C)cc3)CC2)c([N+](=O)[O-])cc1OC. The predicted octanol–water partition coefficient (Wildman–Crippen LogP) is 3.69. The molecule has 0 aliphatic carbocycles. The number of amides is 1. The Labute approximate surface area is 182 Å². The quantitative estimate of drug-likeness (QED) is 0.495. The lowest BCUT2D eigenvalue weighted by Crippen LogP contribution is -2.48. The molecule has 1 amide bonds. The summed E-state index contributed by atoms with van der Waals surface area (Å²) in [5.41, 5.74) is 2.28. The summed E-state index contributed by atoms with van der Waals surface area (Å²) in [6.07, 6.45) is 0. The van der Waals surface area contributed by atoms with Gasteiger partial charge in [-0.1, -0.05) is 38.1 Å². The first-order valence-electron chi connectivity index (χ1n) is 10.3. The number of benzene rings is 2. The van der Waals surface area contributed by atoms with Crippen LogP contribution in [0.15, 0.2) is 36.4 Å². The maximum Gasteiger partial charge on any atom is 0.286 e. The van der Waals surface area contributed by atoms with Crippen molar-refractivity contribution in [1.82, 2.24) is 9.80 Å². The van der Waals surface area contributed by atoms with Gasteiger partial charge < -0.3 is 14.4 Å². The van der Waals surface area contributed by atoms with Crippen LogP contribution >= 0.6 is 0 Å². The Balaban J connectivity index is 1.68. The monoisotopic (exact) mass is 427 g/mol. The van der Waals surface area contributed by atoms with Crippen LogP contribution in [-0.2, 0) is 6.54 Å². The second-order valence-corrected chi connectivity index (χ2v) is 7.95. The topological polar surface area (TPSA) is 85.2 Å². The Morgan fingerprint density at radius 2 is 1.61 bits per heavy atom. The van der Waals surface area contributed by atoms with Gasteiger partial charge >= 0.3 is 0 Å². The number of nitro benzene ring substituents is 1. The van der Waals surface area contributed by atoms with Crippen LogP contribution in [0.5, 0.6) is 11.5 Å². The molecule has 1 aliphatic rings. The van der Waals surface area contributed by atoms with E-state index >= 15 is 0 Å². The van der Waals surface area contributed by atoms with Crippen LogP contribution in [0.2, 0.25) is 0 Å². The van der Waals surface area contributed by atoms with E-state index in [2.05, 4.69) is 43.0 Å². The molecule has 1 heterocycles. The fraction of sp³-hybridized carbons (Fsp3) is 0.435. The molecule has 0 atom stereocenters. The Kier molecular flexibility index (Phi) is 7.12. The summed E-state index contributed by atoms with van der Waals surface area (Å²) >= 11 is 0. The number of ether oxygens (including phenoxy) is 2. The zero-order valence-corrected chi connectivity index (χ0v) is 18.5. The van der Waals surface area contributed by atoms with Gasteiger partial charge in [-0.05, 0) is 17.0 Å². The van der Waals surface area contributed by atoms with Crippen LogP contribution in [0.1, 0.15) is 41.3 Å². The molecule has 8 nitrogen and oxygen atoms in total. The van der Waals surface area contributed by atoms with Gasteiger partial charge in [0.05, 0.1) is 25.2 Å². The number of carbonyl (C=O) groups excluding carboxylic acids is 1. The minimum absolute atomic E-state index is 0.0142. The van der Waals surface area contributed by atoms with Gasteiger partial charge in [0.1, 0.15) is 5.56 Å². The Hall–Kier alpha value is -3.13. The number of rotatable bonds is 7. The van der Waals surface area contributed by atoms with E-state index in [9.17, 15) is 14.9 Å². The predicted molar refractivity (Wildman–Crippen MR) is 118 cm³/mol. The summed E-state index contributed by atoms with van der Waals surface area (Å²) in [4.78, 5) is 28.0. The number of piperazine rings is 1. The van der Waals surface area contributed by atoms with E-state index in [-0.39, 0.29) is 22.9 Å². The molecule has 166 valence electrons. The van der Waals surface area contributed by atoms with Crippen LogP contribution in [0.25, 0.3) is 0 Å². The van der Waals surface area contributed by atoms with Gasteiger partial charge in [0.15, 0.2) is 11.5 Å². The summed E-state index contributed by atoms with van der Waals surface area (Å²) in [7, 11) is 2.84. The van der Waals surface area contributed by atoms with Crippen LogP contribution in [0.4, 0.5) is 5.69 Å². The third-order valence-corrected chi connectivity index (χ3v) is 5.64. The number of hydrogen-bond acceptors (Lipinski definition) is 6. The third-order valence-electron chi connectivity index (χ3n) is 5.64. The average molecular weight is 428 g/mol. The molecule has 1 saturated heterocycles. The highest BCUT2D eigenvalue weighted by Gasteiger charge is 2.29. The van der Waals surface area contributed by atoms with Crippen molar-refractivity contribution in [3.05, 3.63) is 63.2 Å². The highest BCUT2D eigenvalue weighted by molar-refractivity contribution is 5.99. The number of hydrogen-bond donors (Lipinski definition) is 0. The number of nitrogens with zero attached hydrogens (tertiary/aromatic N) is 3. The van der Waals surface area contributed by atoms with Crippen molar-refractivity contribution in [2.75, 3.05) is 40.4 Å². The van der Waals surface area contributed by atoms with Gasteiger partial charge in [0.25, 0.3) is 11.6 Å². The molecule has 0 spiro atoms. The van der Waals surface area contributed by atoms with Crippen LogP contribution in [0.3, 0.4) is 0 Å². The molecule has 0 saturated carbocycles. The molecule has 0 N–H and O–H groups in total. The minimum Gasteiger partial charge on any atom is -0.493 e. The van der Waals surface area contributed by atoms with Crippen LogP contribution < -0.4 is 9.47 Å². The summed E-state index contributed by atoms with van der Waals surface area (Å²) in [6, 6.07) is 11.3. The van der Waals surface area contributed by atoms with Gasteiger partial charge in [0.2, 0.25) is 0 Å². The fourth-order valence-electron chi connectivity index (χ4n) is 3.74. The van der Waals surface area contributed by atoms with Crippen molar-refractivity contribution < 1.29 is 19.2 Å². The van der Waals surface area contributed by atoms with E-state index < -0.39 is 4.92 Å². The molecule has 0 radical (unpaired) electrons. The fourth-order valence-corrected chi connectivity index (χ4v) is 3.74. The number of nitro groups is 1.